The zero-order valence-electron chi connectivity index (χ0n) is 21.7. The first-order chi connectivity index (χ1) is 19.5. The lowest BCUT2D eigenvalue weighted by atomic mass is 10.0. The van der Waals surface area contributed by atoms with E-state index in [2.05, 4.69) is 25.0 Å². The first-order valence-corrected chi connectivity index (χ1v) is 14.5. The van der Waals surface area contributed by atoms with E-state index in [0.717, 1.165) is 10.5 Å². The molecule has 1 fully saturated rings. The van der Waals surface area contributed by atoms with Gasteiger partial charge in [-0.3, -0.25) is 4.72 Å². The van der Waals surface area contributed by atoms with Gasteiger partial charge in [-0.05, 0) is 42.3 Å². The molecule has 0 spiro atoms. The molecule has 0 saturated carbocycles. The number of aryl methyl sites for hydroxylation is 1. The van der Waals surface area contributed by atoms with Crippen molar-refractivity contribution in [3.05, 3.63) is 71.1 Å². The molecule has 14 heteroatoms. The van der Waals surface area contributed by atoms with Gasteiger partial charge in [0.1, 0.15) is 22.4 Å². The van der Waals surface area contributed by atoms with Gasteiger partial charge in [0.2, 0.25) is 5.95 Å². The molecule has 3 heterocycles. The summed E-state index contributed by atoms with van der Waals surface area (Å²) < 4.78 is 56.9. The second-order valence-electron chi connectivity index (χ2n) is 9.54. The Morgan fingerprint density at radius 3 is 2.66 bits per heavy atom. The van der Waals surface area contributed by atoms with Crippen molar-refractivity contribution in [2.45, 2.75) is 36.9 Å². The number of anilines is 2. The van der Waals surface area contributed by atoms with Gasteiger partial charge in [-0.1, -0.05) is 36.7 Å². The summed E-state index contributed by atoms with van der Waals surface area (Å²) in [4.78, 5) is 25.6. The van der Waals surface area contributed by atoms with E-state index < -0.39 is 34.1 Å². The van der Waals surface area contributed by atoms with Gasteiger partial charge in [-0.25, -0.2) is 36.9 Å². The fourth-order valence-corrected chi connectivity index (χ4v) is 6.26. The van der Waals surface area contributed by atoms with Crippen LogP contribution in [0.15, 0.2) is 59.6 Å². The number of likely N-dealkylation sites (tertiary alicyclic amines) is 1. The lowest BCUT2D eigenvalue weighted by Crippen LogP contribution is -2.49. The molecule has 41 heavy (non-hydrogen) atoms. The highest BCUT2D eigenvalue weighted by atomic mass is 35.5. The van der Waals surface area contributed by atoms with Crippen LogP contribution in [0.4, 0.5) is 25.2 Å². The molecule has 0 aliphatic carbocycles. The molecule has 1 saturated heterocycles. The summed E-state index contributed by atoms with van der Waals surface area (Å²) >= 11 is 6.00. The molecule has 4 aromatic rings. The van der Waals surface area contributed by atoms with Crippen LogP contribution in [0.3, 0.4) is 0 Å². The quantitative estimate of drug-likeness (QED) is 0.257. The van der Waals surface area contributed by atoms with Gasteiger partial charge in [0.15, 0.2) is 0 Å². The van der Waals surface area contributed by atoms with Crippen molar-refractivity contribution in [2.75, 3.05) is 23.1 Å². The van der Waals surface area contributed by atoms with Crippen molar-refractivity contribution in [3.8, 4) is 11.3 Å². The summed E-state index contributed by atoms with van der Waals surface area (Å²) in [7, 11) is -4.12. The Bertz CT molecular complexity index is 1740. The number of nitrogens with one attached hydrogen (secondary N) is 2. The molecule has 2 atom stereocenters. The highest BCUT2D eigenvalue weighted by molar-refractivity contribution is 7.92. The number of aromatic nitrogens is 3. The number of carbonyl (C=O) groups is 1. The van der Waals surface area contributed by atoms with Gasteiger partial charge in [-0.2, -0.15) is 0 Å². The van der Waals surface area contributed by atoms with Crippen molar-refractivity contribution in [3.63, 3.8) is 0 Å². The van der Waals surface area contributed by atoms with E-state index in [1.54, 1.807) is 18.2 Å². The molecule has 3 N–H and O–H groups in total. The predicted octanol–water partition coefficient (Wildman–Crippen LogP) is 5.35. The third-order valence-electron chi connectivity index (χ3n) is 6.64. The van der Waals surface area contributed by atoms with Gasteiger partial charge in [0, 0.05) is 24.6 Å². The average molecular weight is 603 g/mol. The zero-order valence-corrected chi connectivity index (χ0v) is 23.3. The molecule has 1 aliphatic heterocycles. The van der Waals surface area contributed by atoms with Crippen LogP contribution in [-0.2, 0) is 16.4 Å². The number of rotatable bonds is 7. The second kappa shape index (κ2) is 11.4. The van der Waals surface area contributed by atoms with E-state index in [9.17, 15) is 22.7 Å². The van der Waals surface area contributed by atoms with Gasteiger partial charge in [0.25, 0.3) is 10.0 Å². The zero-order chi connectivity index (χ0) is 29.3. The van der Waals surface area contributed by atoms with E-state index in [4.69, 9.17) is 11.6 Å². The van der Waals surface area contributed by atoms with Crippen LogP contribution < -0.4 is 10.0 Å². The summed E-state index contributed by atoms with van der Waals surface area (Å²) in [5.74, 6) is -0.588. The predicted molar refractivity (Wildman–Crippen MR) is 151 cm³/mol. The fraction of sp³-hybridized carbons (Fsp3) is 0.259. The van der Waals surface area contributed by atoms with Crippen LogP contribution in [0.2, 0.25) is 5.02 Å². The van der Waals surface area contributed by atoms with Gasteiger partial charge in [0.05, 0.1) is 34.7 Å². The van der Waals surface area contributed by atoms with Crippen LogP contribution in [0.25, 0.3) is 22.3 Å². The van der Waals surface area contributed by atoms with Crippen LogP contribution in [0.1, 0.15) is 18.9 Å². The molecule has 5 rings (SSSR count). The van der Waals surface area contributed by atoms with Crippen LogP contribution >= 0.6 is 11.6 Å². The number of alkyl halides is 1. The van der Waals surface area contributed by atoms with Gasteiger partial charge < -0.3 is 15.3 Å². The first kappa shape index (κ1) is 28.4. The van der Waals surface area contributed by atoms with Gasteiger partial charge in [-0.15, -0.1) is 0 Å². The monoisotopic (exact) mass is 602 g/mol. The number of fused-ring (bicyclic) bond motifs is 1. The Labute approximate surface area is 239 Å². The number of carboxylic acid groups (broad SMARTS) is 1. The van der Waals surface area contributed by atoms with Crippen LogP contribution in [0.5, 0.6) is 0 Å². The van der Waals surface area contributed by atoms with Crippen molar-refractivity contribution in [1.82, 2.24) is 19.9 Å². The molecular formula is C27H25ClF2N6O4S. The highest BCUT2D eigenvalue weighted by Crippen LogP contribution is 2.30. The average Bonchev–Trinajstić information content (AvgIpc) is 2.93. The largest absolute Gasteiger partial charge is 0.465 e. The third kappa shape index (κ3) is 6.15. The molecule has 2 aromatic heterocycles. The number of nitrogens with zero attached hydrogens (tertiary/aromatic N) is 4. The first-order valence-electron chi connectivity index (χ1n) is 12.7. The highest BCUT2D eigenvalue weighted by Gasteiger charge is 2.30. The van der Waals surface area contributed by atoms with E-state index in [1.807, 2.05) is 6.92 Å². The topological polar surface area (TPSA) is 137 Å². The Kier molecular flexibility index (Phi) is 7.91. The minimum atomic E-state index is -4.12. The Morgan fingerprint density at radius 2 is 1.95 bits per heavy atom. The Morgan fingerprint density at radius 1 is 1.17 bits per heavy atom. The maximum absolute atomic E-state index is 15.1. The summed E-state index contributed by atoms with van der Waals surface area (Å²) in [6.45, 7) is 1.85. The molecule has 0 radical (unpaired) electrons. The standard InChI is InChI=1S/C27H25ClF2N6O4S/c1-2-15-10-22(16-7-8-21(20(30)9-16)35-41(39,40)24-6-4-3-5-19(24)28)33-23-12-31-26(34-25(15)23)32-18-11-17(29)13-36(14-18)27(37)38/h3-10,12,17-18,35H,2,11,13-14H2,1H3,(H,37,38)(H,31,32,34)/t17-,18-/m0/s1. The maximum atomic E-state index is 15.1. The van der Waals surface area contributed by atoms with Crippen molar-refractivity contribution >= 4 is 50.4 Å². The van der Waals surface area contributed by atoms with E-state index in [-0.39, 0.29) is 41.1 Å². The molecule has 0 bridgehead atoms. The van der Waals surface area contributed by atoms with Crippen molar-refractivity contribution < 1.29 is 27.1 Å². The number of piperidine rings is 1. The summed E-state index contributed by atoms with van der Waals surface area (Å²) in [6, 6.07) is 11.1. The van der Waals surface area contributed by atoms with Crippen molar-refractivity contribution in [2.24, 2.45) is 0 Å². The molecule has 1 amide bonds. The minimum absolute atomic E-state index is 0.0117. The fourth-order valence-electron chi connectivity index (χ4n) is 4.68. The van der Waals surface area contributed by atoms with Crippen molar-refractivity contribution in [1.29, 1.82) is 0 Å². The molecule has 0 unspecified atom stereocenters. The lowest BCUT2D eigenvalue weighted by Gasteiger charge is -2.33. The van der Waals surface area contributed by atoms with E-state index in [1.165, 1.54) is 36.5 Å². The number of sulfonamides is 1. The minimum Gasteiger partial charge on any atom is -0.465 e. The number of hydrogen-bond donors (Lipinski definition) is 3. The maximum Gasteiger partial charge on any atom is 0.407 e. The number of amides is 1. The molecule has 2 aromatic carbocycles. The SMILES string of the molecule is CCc1cc(-c2ccc(NS(=O)(=O)c3ccccc3Cl)c(F)c2)nc2cnc(N[C@H]3C[C@H](F)CN(C(=O)O)C3)nc12. The number of benzene rings is 2. The van der Waals surface area contributed by atoms with Gasteiger partial charge >= 0.3 is 6.09 Å². The number of hydrogen-bond acceptors (Lipinski definition) is 7. The normalized spacial score (nSPS) is 17.4. The third-order valence-corrected chi connectivity index (χ3v) is 8.51. The molecular weight excluding hydrogens is 578 g/mol. The second-order valence-corrected chi connectivity index (χ2v) is 11.6. The number of halogens is 3. The Hall–Kier alpha value is -4.10. The van der Waals surface area contributed by atoms with Crippen LogP contribution in [0, 0.1) is 5.82 Å². The molecule has 214 valence electrons. The summed E-state index contributed by atoms with van der Waals surface area (Å²) in [6.07, 6.45) is -0.319. The summed E-state index contributed by atoms with van der Waals surface area (Å²) in [5, 5.41) is 12.3. The Balaban J connectivity index is 1.40. The number of pyridine rings is 1. The van der Waals surface area contributed by atoms with E-state index >= 15 is 4.39 Å². The van der Waals surface area contributed by atoms with E-state index in [0.29, 0.717) is 28.7 Å². The van der Waals surface area contributed by atoms with Crippen LogP contribution in [-0.4, -0.2) is 64.8 Å². The smallest absolute Gasteiger partial charge is 0.407 e. The molecule has 1 aliphatic rings. The summed E-state index contributed by atoms with van der Waals surface area (Å²) in [5.41, 5.74) is 2.37. The molecule has 10 nitrogen and oxygen atoms in total. The lowest BCUT2D eigenvalue weighted by molar-refractivity contribution is 0.102.